The number of aromatic nitrogens is 1. The molecule has 1 atom stereocenters. The minimum Gasteiger partial charge on any atom is -0.354 e. The number of para-hydroxylation sites is 1. The van der Waals surface area contributed by atoms with Gasteiger partial charge in [0.25, 0.3) is 0 Å². The van der Waals surface area contributed by atoms with Crippen molar-refractivity contribution in [1.82, 2.24) is 9.88 Å². The molecule has 1 N–H and O–H groups in total. The fourth-order valence-corrected chi connectivity index (χ4v) is 4.63. The van der Waals surface area contributed by atoms with Crippen LogP contribution in [0.1, 0.15) is 18.4 Å². The van der Waals surface area contributed by atoms with E-state index in [4.69, 9.17) is 0 Å². The molecule has 2 aromatic carbocycles. The summed E-state index contributed by atoms with van der Waals surface area (Å²) in [6.45, 7) is 2.15. The van der Waals surface area contributed by atoms with Crippen LogP contribution in [0.15, 0.2) is 54.6 Å². The van der Waals surface area contributed by atoms with Crippen LogP contribution in [-0.2, 0) is 11.2 Å². The first-order valence-electron chi connectivity index (χ1n) is 9.24. The molecule has 3 saturated heterocycles. The number of aromatic amines is 1. The van der Waals surface area contributed by atoms with E-state index >= 15 is 0 Å². The Kier molecular flexibility index (Phi) is 3.49. The van der Waals surface area contributed by atoms with Gasteiger partial charge in [0.15, 0.2) is 5.78 Å². The van der Waals surface area contributed by atoms with Crippen LogP contribution in [0.3, 0.4) is 0 Å². The van der Waals surface area contributed by atoms with Crippen LogP contribution in [0.25, 0.3) is 22.2 Å². The molecule has 25 heavy (non-hydrogen) atoms. The lowest BCUT2D eigenvalue weighted by molar-refractivity contribution is -0.136. The number of H-pyrrole nitrogens is 1. The molecule has 0 unspecified atom stereocenters. The molecule has 2 bridgehead atoms. The highest BCUT2D eigenvalue weighted by Gasteiger charge is 2.41. The molecule has 126 valence electrons. The van der Waals surface area contributed by atoms with E-state index in [-0.39, 0.29) is 6.04 Å². The monoisotopic (exact) mass is 330 g/mol. The molecule has 0 aliphatic carbocycles. The summed E-state index contributed by atoms with van der Waals surface area (Å²) in [4.78, 5) is 18.8. The van der Waals surface area contributed by atoms with Gasteiger partial charge in [0, 0.05) is 22.5 Å². The fraction of sp³-hybridized carbons (Fsp3) is 0.318. The third kappa shape index (κ3) is 2.42. The van der Waals surface area contributed by atoms with Crippen LogP contribution in [0, 0.1) is 5.92 Å². The molecule has 3 fully saturated rings. The number of carbonyl (C=O) groups is 1. The highest BCUT2D eigenvalue weighted by Crippen LogP contribution is 2.36. The predicted molar refractivity (Wildman–Crippen MR) is 101 cm³/mol. The van der Waals surface area contributed by atoms with Crippen LogP contribution in [-0.4, -0.2) is 34.8 Å². The average molecular weight is 330 g/mol. The van der Waals surface area contributed by atoms with Gasteiger partial charge in [0.2, 0.25) is 0 Å². The van der Waals surface area contributed by atoms with Gasteiger partial charge in [-0.05, 0) is 49.5 Å². The number of fused-ring (bicyclic) bond motifs is 4. The van der Waals surface area contributed by atoms with Crippen molar-refractivity contribution in [3.05, 3.63) is 60.2 Å². The second-order valence-electron chi connectivity index (χ2n) is 7.32. The van der Waals surface area contributed by atoms with Gasteiger partial charge in [-0.25, -0.2) is 0 Å². The predicted octanol–water partition coefficient (Wildman–Crippen LogP) is 4.04. The first kappa shape index (κ1) is 14.9. The average Bonchev–Trinajstić information content (AvgIpc) is 3.04. The van der Waals surface area contributed by atoms with E-state index in [0.29, 0.717) is 11.7 Å². The van der Waals surface area contributed by atoms with Gasteiger partial charge in [-0.15, -0.1) is 0 Å². The molecule has 1 aromatic heterocycles. The van der Waals surface area contributed by atoms with E-state index in [9.17, 15) is 4.79 Å². The van der Waals surface area contributed by atoms with E-state index < -0.39 is 0 Å². The Balaban J connectivity index is 1.61. The Bertz CT molecular complexity index is 920. The van der Waals surface area contributed by atoms with Gasteiger partial charge in [-0.2, -0.15) is 0 Å². The Labute approximate surface area is 147 Å². The number of ketones is 1. The normalized spacial score (nSPS) is 25.6. The Morgan fingerprint density at radius 2 is 1.68 bits per heavy atom. The number of hydrogen-bond acceptors (Lipinski definition) is 2. The lowest BCUT2D eigenvalue weighted by atomic mass is 9.79. The van der Waals surface area contributed by atoms with E-state index in [0.717, 1.165) is 43.6 Å². The van der Waals surface area contributed by atoms with Crippen LogP contribution in [0.5, 0.6) is 0 Å². The van der Waals surface area contributed by atoms with Crippen LogP contribution >= 0.6 is 0 Å². The maximum absolute atomic E-state index is 12.8. The van der Waals surface area contributed by atoms with Gasteiger partial charge >= 0.3 is 0 Å². The number of Topliss-reactive ketones (excluding diaryl/α,β-unsaturated/α-hetero) is 1. The summed E-state index contributed by atoms with van der Waals surface area (Å²) < 4.78 is 0. The van der Waals surface area contributed by atoms with E-state index in [2.05, 4.69) is 58.4 Å². The van der Waals surface area contributed by atoms with Crippen LogP contribution in [0.4, 0.5) is 0 Å². The van der Waals surface area contributed by atoms with Gasteiger partial charge in [0.05, 0.1) is 6.04 Å². The summed E-state index contributed by atoms with van der Waals surface area (Å²) in [7, 11) is 0. The molecule has 0 saturated carbocycles. The zero-order chi connectivity index (χ0) is 16.8. The quantitative estimate of drug-likeness (QED) is 0.787. The number of hydrogen-bond donors (Lipinski definition) is 1. The van der Waals surface area contributed by atoms with Gasteiger partial charge < -0.3 is 4.98 Å². The summed E-state index contributed by atoms with van der Waals surface area (Å²) in [5, 5.41) is 1.25. The molecule has 3 heteroatoms. The first-order chi connectivity index (χ1) is 12.3. The maximum atomic E-state index is 12.8. The van der Waals surface area contributed by atoms with Crippen molar-refractivity contribution in [1.29, 1.82) is 0 Å². The lowest BCUT2D eigenvalue weighted by Crippen LogP contribution is -2.56. The highest BCUT2D eigenvalue weighted by atomic mass is 16.1. The van der Waals surface area contributed by atoms with E-state index in [1.807, 2.05) is 6.07 Å². The molecule has 0 spiro atoms. The Morgan fingerprint density at radius 3 is 2.44 bits per heavy atom. The topological polar surface area (TPSA) is 36.1 Å². The molecule has 3 nitrogen and oxygen atoms in total. The van der Waals surface area contributed by atoms with Crippen molar-refractivity contribution < 1.29 is 4.79 Å². The van der Waals surface area contributed by atoms with Gasteiger partial charge in [-0.1, -0.05) is 48.5 Å². The van der Waals surface area contributed by atoms with Crippen molar-refractivity contribution in [3.8, 4) is 11.3 Å². The number of carbonyl (C=O) groups excluding carboxylic acids is 1. The zero-order valence-electron chi connectivity index (χ0n) is 14.2. The van der Waals surface area contributed by atoms with Crippen molar-refractivity contribution in [3.63, 3.8) is 0 Å². The Hall–Kier alpha value is -2.39. The van der Waals surface area contributed by atoms with Gasteiger partial charge in [-0.3, -0.25) is 9.69 Å². The molecule has 3 aliphatic rings. The molecule has 0 amide bonds. The number of rotatable bonds is 3. The molecule has 3 aliphatic heterocycles. The zero-order valence-corrected chi connectivity index (χ0v) is 14.2. The summed E-state index contributed by atoms with van der Waals surface area (Å²) in [6.07, 6.45) is 2.91. The number of nitrogens with one attached hydrogen (secondary N) is 1. The molecule has 6 rings (SSSR count). The fourth-order valence-electron chi connectivity index (χ4n) is 4.63. The summed E-state index contributed by atoms with van der Waals surface area (Å²) in [5.74, 6) is 0.752. The van der Waals surface area contributed by atoms with Crippen molar-refractivity contribution in [2.24, 2.45) is 5.92 Å². The first-order valence-corrected chi connectivity index (χ1v) is 9.24. The number of benzene rings is 2. The second kappa shape index (κ2) is 5.85. The smallest absolute Gasteiger partial charge is 0.153 e. The maximum Gasteiger partial charge on any atom is 0.153 e. The van der Waals surface area contributed by atoms with Crippen molar-refractivity contribution in [2.75, 3.05) is 13.1 Å². The van der Waals surface area contributed by atoms with Crippen LogP contribution in [0.2, 0.25) is 0 Å². The van der Waals surface area contributed by atoms with E-state index in [1.54, 1.807) is 0 Å². The van der Waals surface area contributed by atoms with Crippen LogP contribution < -0.4 is 0 Å². The van der Waals surface area contributed by atoms with Gasteiger partial charge in [0.1, 0.15) is 0 Å². The largest absolute Gasteiger partial charge is 0.354 e. The standard InChI is InChI=1S/C22H22N2O/c25-22-16-10-12-24(13-11-16)20(22)14-18-17-8-4-5-9-19(17)23-21(18)15-6-2-1-3-7-15/h1-9,16,20,23H,10-14H2/t20-/m0/s1. The number of nitrogens with zero attached hydrogens (tertiary/aromatic N) is 1. The van der Waals surface area contributed by atoms with E-state index in [1.165, 1.54) is 16.5 Å². The second-order valence-corrected chi connectivity index (χ2v) is 7.32. The number of piperidine rings is 3. The molecular weight excluding hydrogens is 308 g/mol. The third-order valence-electron chi connectivity index (χ3n) is 5.97. The Morgan fingerprint density at radius 1 is 0.960 bits per heavy atom. The third-order valence-corrected chi connectivity index (χ3v) is 5.97. The lowest BCUT2D eigenvalue weighted by Gasteiger charge is -2.44. The summed E-state index contributed by atoms with van der Waals surface area (Å²) in [5.41, 5.74) is 4.79. The minimum absolute atomic E-state index is 0.0502. The molecule has 3 aromatic rings. The summed E-state index contributed by atoms with van der Waals surface area (Å²) >= 11 is 0. The molecule has 0 radical (unpaired) electrons. The minimum atomic E-state index is 0.0502. The highest BCUT2D eigenvalue weighted by molar-refractivity contribution is 5.93. The van der Waals surface area contributed by atoms with Crippen molar-refractivity contribution in [2.45, 2.75) is 25.3 Å². The summed E-state index contributed by atoms with van der Waals surface area (Å²) in [6, 6.07) is 19.0. The molecular formula is C22H22N2O. The van der Waals surface area contributed by atoms with Crippen molar-refractivity contribution >= 4 is 16.7 Å². The SMILES string of the molecule is O=C1C2CCN(CC2)[C@H]1Cc1c(-c2ccccc2)[nH]c2ccccc12. The molecule has 4 heterocycles.